The van der Waals surface area contributed by atoms with Gasteiger partial charge in [0.15, 0.2) is 0 Å². The summed E-state index contributed by atoms with van der Waals surface area (Å²) in [6.07, 6.45) is 1.86. The first kappa shape index (κ1) is 13.8. The Kier molecular flexibility index (Phi) is 5.54. The third-order valence-corrected chi connectivity index (χ3v) is 3.15. The number of nitrogens with two attached hydrogens (primary N) is 1. The minimum atomic E-state index is -2.89. The largest absolute Gasteiger partial charge is 0.393 e. The molecule has 0 aromatic carbocycles. The molecule has 2 N–H and O–H groups in total. The van der Waals surface area contributed by atoms with Gasteiger partial charge in [-0.05, 0) is 14.0 Å². The van der Waals surface area contributed by atoms with E-state index in [-0.39, 0.29) is 11.8 Å². The van der Waals surface area contributed by atoms with Crippen molar-refractivity contribution in [3.8, 4) is 0 Å². The van der Waals surface area contributed by atoms with Gasteiger partial charge in [-0.1, -0.05) is 12.2 Å². The Balaban J connectivity index is 3.96. The fraction of sp³-hybridized carbons (Fsp3) is 0.875. The number of rotatable bonds is 6. The van der Waals surface area contributed by atoms with E-state index < -0.39 is 9.84 Å². The summed E-state index contributed by atoms with van der Waals surface area (Å²) in [6.45, 7) is 2.49. The van der Waals surface area contributed by atoms with Crippen molar-refractivity contribution in [2.75, 3.05) is 25.6 Å². The Morgan fingerprint density at radius 2 is 2.07 bits per heavy atom. The highest BCUT2D eigenvalue weighted by molar-refractivity contribution is 7.90. The number of hydrogen-bond acceptors (Lipinski definition) is 4. The molecule has 0 rings (SSSR count). The van der Waals surface area contributed by atoms with Crippen molar-refractivity contribution in [1.29, 1.82) is 0 Å². The number of hydrogen-bond donors (Lipinski definition) is 1. The molecule has 0 amide bonds. The second kappa shape index (κ2) is 5.63. The van der Waals surface area contributed by atoms with E-state index >= 15 is 0 Å². The Bertz CT molecular complexity index is 288. The van der Waals surface area contributed by atoms with Crippen molar-refractivity contribution in [2.45, 2.75) is 19.4 Å². The van der Waals surface area contributed by atoms with Crippen LogP contribution in [0.3, 0.4) is 0 Å². The van der Waals surface area contributed by atoms with Crippen LogP contribution in [-0.2, 0) is 9.84 Å². The van der Waals surface area contributed by atoms with Gasteiger partial charge in [0.05, 0.1) is 10.7 Å². The van der Waals surface area contributed by atoms with E-state index in [1.807, 2.05) is 18.9 Å². The van der Waals surface area contributed by atoms with Crippen LogP contribution in [0.5, 0.6) is 0 Å². The molecule has 1 unspecified atom stereocenters. The fourth-order valence-electron chi connectivity index (χ4n) is 0.977. The van der Waals surface area contributed by atoms with E-state index in [9.17, 15) is 8.42 Å². The summed E-state index contributed by atoms with van der Waals surface area (Å²) in [5, 5.41) is 0. The van der Waals surface area contributed by atoms with Crippen LogP contribution in [0.2, 0.25) is 0 Å². The Morgan fingerprint density at radius 1 is 1.57 bits per heavy atom. The second-order valence-electron chi connectivity index (χ2n) is 3.63. The topological polar surface area (TPSA) is 63.4 Å². The van der Waals surface area contributed by atoms with E-state index in [2.05, 4.69) is 0 Å². The molecule has 1 atom stereocenters. The molecule has 0 fully saturated rings. The van der Waals surface area contributed by atoms with Crippen molar-refractivity contribution in [1.82, 2.24) is 4.90 Å². The van der Waals surface area contributed by atoms with E-state index in [1.165, 1.54) is 6.26 Å². The van der Waals surface area contributed by atoms with Crippen molar-refractivity contribution in [3.63, 3.8) is 0 Å². The minimum absolute atomic E-state index is 0.172. The highest BCUT2D eigenvalue weighted by Crippen LogP contribution is 2.01. The molecule has 0 saturated heterocycles. The molecule has 0 aromatic heterocycles. The lowest BCUT2D eigenvalue weighted by Gasteiger charge is -2.23. The number of thiocarbonyl (C=S) groups is 1. The molecule has 0 heterocycles. The zero-order valence-electron chi connectivity index (χ0n) is 8.86. The van der Waals surface area contributed by atoms with Gasteiger partial charge in [-0.25, -0.2) is 8.42 Å². The maximum atomic E-state index is 10.9. The molecule has 0 aromatic rings. The lowest BCUT2D eigenvalue weighted by molar-refractivity contribution is 0.278. The first-order valence-electron chi connectivity index (χ1n) is 4.38. The lowest BCUT2D eigenvalue weighted by Crippen LogP contribution is -2.35. The van der Waals surface area contributed by atoms with E-state index in [0.717, 1.165) is 0 Å². The molecule has 0 radical (unpaired) electrons. The minimum Gasteiger partial charge on any atom is -0.393 e. The van der Waals surface area contributed by atoms with Crippen LogP contribution in [0.1, 0.15) is 13.3 Å². The van der Waals surface area contributed by atoms with Crippen LogP contribution < -0.4 is 5.73 Å². The predicted molar refractivity (Wildman–Crippen MR) is 63.2 cm³/mol. The summed E-state index contributed by atoms with van der Waals surface area (Å²) in [6, 6.07) is 0.189. The fourth-order valence-corrected chi connectivity index (χ4v) is 1.84. The van der Waals surface area contributed by atoms with Crippen LogP contribution in [0.25, 0.3) is 0 Å². The first-order chi connectivity index (χ1) is 6.22. The summed E-state index contributed by atoms with van der Waals surface area (Å²) in [4.78, 5) is 2.41. The zero-order valence-corrected chi connectivity index (χ0v) is 10.5. The van der Waals surface area contributed by atoms with E-state index in [4.69, 9.17) is 18.0 Å². The Hall–Kier alpha value is -0.200. The van der Waals surface area contributed by atoms with Crippen molar-refractivity contribution in [2.24, 2.45) is 5.73 Å². The van der Waals surface area contributed by atoms with Crippen LogP contribution in [-0.4, -0.2) is 49.9 Å². The van der Waals surface area contributed by atoms with Crippen LogP contribution in [0, 0.1) is 0 Å². The molecule has 0 aliphatic heterocycles. The number of sulfone groups is 1. The van der Waals surface area contributed by atoms with Gasteiger partial charge in [0.1, 0.15) is 9.84 Å². The van der Waals surface area contributed by atoms with Gasteiger partial charge in [-0.3, -0.25) is 0 Å². The Labute approximate surface area is 91.4 Å². The summed E-state index contributed by atoms with van der Waals surface area (Å²) in [5.74, 6) is 0.172. The van der Waals surface area contributed by atoms with Crippen LogP contribution >= 0.6 is 12.2 Å². The SMILES string of the molecule is CC(CC(N)=S)N(C)CCS(C)(=O)=O. The summed E-state index contributed by atoms with van der Waals surface area (Å²) in [7, 11) is -1.02. The van der Waals surface area contributed by atoms with Crippen molar-refractivity contribution >= 4 is 27.0 Å². The quantitative estimate of drug-likeness (QED) is 0.661. The van der Waals surface area contributed by atoms with E-state index in [1.54, 1.807) is 0 Å². The van der Waals surface area contributed by atoms with Gasteiger partial charge in [0.2, 0.25) is 0 Å². The first-order valence-corrected chi connectivity index (χ1v) is 6.85. The average molecular weight is 238 g/mol. The lowest BCUT2D eigenvalue weighted by atomic mass is 10.2. The predicted octanol–water partition coefficient (Wildman–Crippen LogP) is 0.0275. The van der Waals surface area contributed by atoms with Crippen molar-refractivity contribution < 1.29 is 8.42 Å². The molecular formula is C8H18N2O2S2. The Morgan fingerprint density at radius 3 is 2.43 bits per heavy atom. The second-order valence-corrected chi connectivity index (χ2v) is 6.41. The van der Waals surface area contributed by atoms with Gasteiger partial charge in [0, 0.05) is 25.3 Å². The third kappa shape index (κ3) is 7.23. The highest BCUT2D eigenvalue weighted by Gasteiger charge is 2.12. The maximum absolute atomic E-state index is 10.9. The van der Waals surface area contributed by atoms with Gasteiger partial charge < -0.3 is 10.6 Å². The monoisotopic (exact) mass is 238 g/mol. The highest BCUT2D eigenvalue weighted by atomic mass is 32.2. The van der Waals surface area contributed by atoms with Crippen LogP contribution in [0.15, 0.2) is 0 Å². The molecule has 0 aliphatic carbocycles. The molecule has 0 saturated carbocycles. The molecular weight excluding hydrogens is 220 g/mol. The maximum Gasteiger partial charge on any atom is 0.148 e. The van der Waals surface area contributed by atoms with E-state index in [0.29, 0.717) is 18.0 Å². The van der Waals surface area contributed by atoms with Gasteiger partial charge in [-0.2, -0.15) is 0 Å². The standard InChI is InChI=1S/C8H18N2O2S2/c1-7(6-8(9)13)10(2)4-5-14(3,11)12/h7H,4-6H2,1-3H3,(H2,9,13). The zero-order chi connectivity index (χ0) is 11.4. The molecule has 0 bridgehead atoms. The molecule has 84 valence electrons. The van der Waals surface area contributed by atoms with Gasteiger partial charge in [0.25, 0.3) is 0 Å². The molecule has 14 heavy (non-hydrogen) atoms. The average Bonchev–Trinajstić information content (AvgIpc) is 1.97. The molecule has 4 nitrogen and oxygen atoms in total. The third-order valence-electron chi connectivity index (χ3n) is 2.06. The molecule has 0 spiro atoms. The molecule has 6 heteroatoms. The number of nitrogens with zero attached hydrogens (tertiary/aromatic N) is 1. The molecule has 0 aliphatic rings. The van der Waals surface area contributed by atoms with Gasteiger partial charge in [-0.15, -0.1) is 0 Å². The van der Waals surface area contributed by atoms with Crippen molar-refractivity contribution in [3.05, 3.63) is 0 Å². The summed E-state index contributed by atoms with van der Waals surface area (Å²) in [5.41, 5.74) is 5.40. The normalized spacial score (nSPS) is 14.3. The summed E-state index contributed by atoms with van der Waals surface area (Å²) >= 11 is 4.78. The smallest absolute Gasteiger partial charge is 0.148 e. The summed E-state index contributed by atoms with van der Waals surface area (Å²) < 4.78 is 21.8. The van der Waals surface area contributed by atoms with Gasteiger partial charge >= 0.3 is 0 Å². The van der Waals surface area contributed by atoms with Crippen LogP contribution in [0.4, 0.5) is 0 Å².